The zero-order chi connectivity index (χ0) is 7.72. The van der Waals surface area contributed by atoms with Gasteiger partial charge in [-0.25, -0.2) is 0 Å². The van der Waals surface area contributed by atoms with Crippen LogP contribution in [0.4, 0.5) is 0 Å². The van der Waals surface area contributed by atoms with Crippen molar-refractivity contribution in [1.29, 1.82) is 0 Å². The van der Waals surface area contributed by atoms with Gasteiger partial charge in [-0.05, 0) is 0 Å². The van der Waals surface area contributed by atoms with Gasteiger partial charge in [0.05, 0.1) is 0 Å². The van der Waals surface area contributed by atoms with E-state index in [0.717, 1.165) is 0 Å². The molecule has 0 bridgehead atoms. The predicted octanol–water partition coefficient (Wildman–Crippen LogP) is -2.20. The molecule has 50 valence electrons. The average molecular weight is 329 g/mol. The van der Waals surface area contributed by atoms with Crippen LogP contribution in [0.5, 0.6) is 0 Å². The van der Waals surface area contributed by atoms with Gasteiger partial charge in [0.25, 0.3) is 0 Å². The summed E-state index contributed by atoms with van der Waals surface area (Å²) < 4.78 is 1.71. The van der Waals surface area contributed by atoms with Crippen molar-refractivity contribution in [2.24, 2.45) is 0 Å². The third-order valence-corrected chi connectivity index (χ3v) is 2.26. The van der Waals surface area contributed by atoms with Gasteiger partial charge in [0.2, 0.25) is 0 Å². The zero-order valence-electron chi connectivity index (χ0n) is 5.52. The maximum absolute atomic E-state index is 8.74. The van der Waals surface area contributed by atoms with Crippen molar-refractivity contribution < 1.29 is 10.0 Å². The van der Waals surface area contributed by atoms with Crippen molar-refractivity contribution in [1.82, 2.24) is 7.59 Å². The molecule has 0 atom stereocenters. The third kappa shape index (κ3) is 1.58. The van der Waals surface area contributed by atoms with E-state index in [1.165, 1.54) is 0 Å². The normalized spacial score (nSPS) is 9.80. The summed E-state index contributed by atoms with van der Waals surface area (Å²) in [4.78, 5) is 0. The standard InChI is InChI=1S/C4H6BN2O2.Tl/c1-3-4(5(8)9)2-6-7-3;/h2,8-9H,1H3;/q-1;+1. The Morgan fingerprint density at radius 3 is 2.50 bits per heavy atom. The quantitative estimate of drug-likeness (QED) is 0.575. The number of nitrogens with zero attached hydrogens (tertiary/aromatic N) is 2. The van der Waals surface area contributed by atoms with E-state index in [-0.39, 0.29) is 0 Å². The maximum atomic E-state index is 8.74. The molecule has 0 fully saturated rings. The molecule has 10 heavy (non-hydrogen) atoms. The summed E-state index contributed by atoms with van der Waals surface area (Å²) in [6.45, 7) is 1.76. The first-order valence-electron chi connectivity index (χ1n) is 2.78. The van der Waals surface area contributed by atoms with Gasteiger partial charge in [-0.1, -0.05) is 0 Å². The molecule has 0 saturated heterocycles. The first kappa shape index (κ1) is 8.22. The Kier molecular flexibility index (Phi) is 2.48. The summed E-state index contributed by atoms with van der Waals surface area (Å²) in [5.74, 6) is 0. The van der Waals surface area contributed by atoms with Crippen molar-refractivity contribution in [3.05, 3.63) is 11.9 Å². The Morgan fingerprint density at radius 2 is 2.30 bits per heavy atom. The minimum absolute atomic E-state index is 0.502. The molecule has 1 aromatic heterocycles. The summed E-state index contributed by atoms with van der Waals surface area (Å²) in [7, 11) is -1.38. The third-order valence-electron chi connectivity index (χ3n) is 1.23. The molecule has 0 saturated carbocycles. The Balaban J connectivity index is 3.03. The number of hydrogen-bond donors (Lipinski definition) is 2. The molecule has 1 heterocycles. The van der Waals surface area contributed by atoms with Crippen LogP contribution in [0.25, 0.3) is 0 Å². The van der Waals surface area contributed by atoms with E-state index < -0.39 is 7.12 Å². The molecular formula is C4H6BN2O2Tl. The number of rotatable bonds is 1. The van der Waals surface area contributed by atoms with E-state index in [2.05, 4.69) is 5.10 Å². The second-order valence-electron chi connectivity index (χ2n) is 2.02. The van der Waals surface area contributed by atoms with Crippen LogP contribution >= 0.6 is 0 Å². The molecule has 0 unspecified atom stereocenters. The molecule has 0 spiro atoms. The first-order valence-corrected chi connectivity index (χ1v) is 4.79. The Hall–Kier alpha value is 0.117. The van der Waals surface area contributed by atoms with Crippen LogP contribution in [0, 0.1) is 6.92 Å². The van der Waals surface area contributed by atoms with E-state index in [9.17, 15) is 0 Å². The molecule has 0 radical (unpaired) electrons. The van der Waals surface area contributed by atoms with Crippen molar-refractivity contribution in [3.63, 3.8) is 0 Å². The second kappa shape index (κ2) is 3.01. The Morgan fingerprint density at radius 1 is 1.70 bits per heavy atom. The fourth-order valence-corrected chi connectivity index (χ4v) is 2.05. The van der Waals surface area contributed by atoms with Crippen molar-refractivity contribution in [2.75, 3.05) is 0 Å². The van der Waals surface area contributed by atoms with E-state index >= 15 is 0 Å². The van der Waals surface area contributed by atoms with Crippen LogP contribution in [0.2, 0.25) is 0 Å². The van der Waals surface area contributed by atoms with Crippen molar-refractivity contribution in [3.8, 4) is 0 Å². The molecule has 0 aliphatic rings. The Bertz CT molecular complexity index is 237. The molecule has 0 amide bonds. The van der Waals surface area contributed by atoms with Gasteiger partial charge in [-0.2, -0.15) is 0 Å². The van der Waals surface area contributed by atoms with Crippen LogP contribution in [0.1, 0.15) is 5.69 Å². The fourth-order valence-electron chi connectivity index (χ4n) is 0.749. The summed E-state index contributed by atoms with van der Waals surface area (Å²) in [5.41, 5.74) is 1.19. The topological polar surface area (TPSA) is 58.3 Å². The Labute approximate surface area is 75.1 Å². The number of aryl methyl sites for hydroxylation is 1. The molecular weight excluding hydrogens is 323 g/mol. The number of aromatic nitrogens is 2. The van der Waals surface area contributed by atoms with Crippen molar-refractivity contribution in [2.45, 2.75) is 6.92 Å². The summed E-state index contributed by atoms with van der Waals surface area (Å²) in [5, 5.41) is 21.5. The molecule has 4 nitrogen and oxygen atoms in total. The van der Waals surface area contributed by atoms with Crippen LogP contribution in [0.3, 0.4) is 0 Å². The van der Waals surface area contributed by atoms with Crippen LogP contribution < -0.4 is 5.46 Å². The van der Waals surface area contributed by atoms with Crippen molar-refractivity contribution >= 4 is 38.6 Å². The summed E-state index contributed by atoms with van der Waals surface area (Å²) >= 11 is 0.580. The van der Waals surface area contributed by atoms with Gasteiger partial charge in [0.1, 0.15) is 0 Å². The summed E-state index contributed by atoms with van der Waals surface area (Å²) in [6, 6.07) is 0. The molecule has 2 N–H and O–H groups in total. The minimum atomic E-state index is -1.38. The second-order valence-corrected chi connectivity index (χ2v) is 4.08. The van der Waals surface area contributed by atoms with E-state index in [1.54, 1.807) is 15.6 Å². The van der Waals surface area contributed by atoms with Gasteiger partial charge < -0.3 is 0 Å². The van der Waals surface area contributed by atoms with Crippen LogP contribution in [-0.2, 0) is 0 Å². The van der Waals surface area contributed by atoms with Gasteiger partial charge in [0, 0.05) is 0 Å². The monoisotopic (exact) mass is 330 g/mol. The zero-order valence-corrected chi connectivity index (χ0v) is 10.0. The average Bonchev–Trinajstić information content (AvgIpc) is 2.10. The molecule has 1 aromatic rings. The predicted molar refractivity (Wildman–Crippen MR) is 37.9 cm³/mol. The van der Waals surface area contributed by atoms with Crippen LogP contribution in [-0.4, -0.2) is 50.8 Å². The summed E-state index contributed by atoms with van der Waals surface area (Å²) in [6.07, 6.45) is 1.66. The number of hydrogen-bond acceptors (Lipinski definition) is 3. The molecule has 6 heteroatoms. The fraction of sp³-hybridized carbons (Fsp3) is 0.250. The van der Waals surface area contributed by atoms with Crippen LogP contribution in [0.15, 0.2) is 6.20 Å². The molecule has 0 aliphatic carbocycles. The van der Waals surface area contributed by atoms with Gasteiger partial charge in [-0.3, -0.25) is 0 Å². The van der Waals surface area contributed by atoms with E-state index in [0.29, 0.717) is 37.2 Å². The van der Waals surface area contributed by atoms with Gasteiger partial charge in [-0.15, -0.1) is 0 Å². The molecule has 0 aliphatic heterocycles. The van der Waals surface area contributed by atoms with E-state index in [1.807, 2.05) is 0 Å². The van der Waals surface area contributed by atoms with Gasteiger partial charge in [0.15, 0.2) is 0 Å². The van der Waals surface area contributed by atoms with E-state index in [4.69, 9.17) is 10.0 Å². The van der Waals surface area contributed by atoms with Gasteiger partial charge >= 0.3 is 75.1 Å². The SMILES string of the molecule is Cc1n[n]([Tl])cc1B(O)O. The molecule has 1 rings (SSSR count). The first-order chi connectivity index (χ1) is 4.61. The molecule has 0 aromatic carbocycles.